The molecule has 0 radical (unpaired) electrons. The summed E-state index contributed by atoms with van der Waals surface area (Å²) >= 11 is 0. The number of carbonyl (C=O) groups excluding carboxylic acids is 1. The van der Waals surface area contributed by atoms with Crippen molar-refractivity contribution in [3.8, 4) is 0 Å². The number of ether oxygens (including phenoxy) is 6. The molecule has 7 rings (SSSR count). The smallest absolute Gasteiger partial charge is 0.314 e. The maximum absolute atomic E-state index is 14.6. The van der Waals surface area contributed by atoms with Crippen LogP contribution in [0.3, 0.4) is 0 Å². The van der Waals surface area contributed by atoms with Gasteiger partial charge < -0.3 is 84.6 Å². The van der Waals surface area contributed by atoms with Crippen LogP contribution in [0.15, 0.2) is 11.6 Å². The second kappa shape index (κ2) is 16.1. The highest BCUT2D eigenvalue weighted by atomic mass is 16.8. The summed E-state index contributed by atoms with van der Waals surface area (Å²) in [6.45, 7) is 3.99. The second-order valence-electron chi connectivity index (χ2n) is 18.2. The summed E-state index contributed by atoms with van der Waals surface area (Å²) < 4.78 is 35.6. The predicted molar refractivity (Wildman–Crippen MR) is 191 cm³/mol. The quantitative estimate of drug-likeness (QED) is 0.0649. The van der Waals surface area contributed by atoms with E-state index in [1.807, 2.05) is 19.9 Å². The summed E-state index contributed by atoms with van der Waals surface area (Å²) in [5.74, 6) is -0.643. The highest BCUT2D eigenvalue weighted by Crippen LogP contribution is 2.74. The molecule has 57 heavy (non-hydrogen) atoms. The number of aliphatic hydroxyl groups is 11. The molecule has 18 nitrogen and oxygen atoms in total. The van der Waals surface area contributed by atoms with Crippen LogP contribution in [0.1, 0.15) is 78.6 Å². The molecular formula is C39H62O18. The predicted octanol–water partition coefficient (Wildman–Crippen LogP) is -2.55. The highest BCUT2D eigenvalue weighted by Gasteiger charge is 2.69. The number of allylic oxidation sites excluding steroid dienone is 1. The maximum Gasteiger partial charge on any atom is 0.314 e. The van der Waals surface area contributed by atoms with Crippen molar-refractivity contribution in [2.45, 2.75) is 176 Å². The Balaban J connectivity index is 1.11. The fourth-order valence-electron chi connectivity index (χ4n) is 12.3. The van der Waals surface area contributed by atoms with E-state index in [1.54, 1.807) is 0 Å². The molecule has 7 aliphatic rings. The third-order valence-electron chi connectivity index (χ3n) is 15.2. The molecule has 21 atom stereocenters. The van der Waals surface area contributed by atoms with E-state index in [0.717, 1.165) is 31.3 Å². The van der Waals surface area contributed by atoms with Crippen LogP contribution >= 0.6 is 0 Å². The first-order valence-electron chi connectivity index (χ1n) is 20.4. The van der Waals surface area contributed by atoms with Crippen LogP contribution in [-0.4, -0.2) is 180 Å². The number of esters is 1. The van der Waals surface area contributed by atoms with Crippen LogP contribution in [0.5, 0.6) is 0 Å². The summed E-state index contributed by atoms with van der Waals surface area (Å²) in [5, 5.41) is 114. The van der Waals surface area contributed by atoms with Crippen LogP contribution in [0.4, 0.5) is 0 Å². The highest BCUT2D eigenvalue weighted by molar-refractivity contribution is 5.77. The van der Waals surface area contributed by atoms with Gasteiger partial charge in [-0.05, 0) is 93.5 Å². The minimum atomic E-state index is -1.86. The molecule has 0 aromatic rings. The van der Waals surface area contributed by atoms with E-state index < -0.39 is 129 Å². The second-order valence-corrected chi connectivity index (χ2v) is 18.2. The Hall–Kier alpha value is -1.43. The van der Waals surface area contributed by atoms with Crippen LogP contribution in [0.2, 0.25) is 0 Å². The third-order valence-corrected chi connectivity index (χ3v) is 15.2. The molecule has 0 aromatic heterocycles. The number of hydrogen-bond acceptors (Lipinski definition) is 18. The molecule has 18 heteroatoms. The van der Waals surface area contributed by atoms with Crippen molar-refractivity contribution in [1.82, 2.24) is 0 Å². The first-order valence-corrected chi connectivity index (χ1v) is 20.4. The van der Waals surface area contributed by atoms with E-state index in [2.05, 4.69) is 6.92 Å². The van der Waals surface area contributed by atoms with Crippen LogP contribution in [0, 0.1) is 28.1 Å². The lowest BCUT2D eigenvalue weighted by atomic mass is 9.41. The lowest BCUT2D eigenvalue weighted by Crippen LogP contribution is -2.65. The van der Waals surface area contributed by atoms with Crippen molar-refractivity contribution in [2.75, 3.05) is 19.8 Å². The Kier molecular flexibility index (Phi) is 12.3. The van der Waals surface area contributed by atoms with E-state index >= 15 is 0 Å². The monoisotopic (exact) mass is 818 g/mol. The van der Waals surface area contributed by atoms with Gasteiger partial charge in [-0.1, -0.05) is 19.4 Å². The molecule has 11 N–H and O–H groups in total. The zero-order valence-electron chi connectivity index (χ0n) is 32.7. The van der Waals surface area contributed by atoms with E-state index in [9.17, 15) is 61.0 Å². The Morgan fingerprint density at radius 3 is 1.82 bits per heavy atom. The van der Waals surface area contributed by atoms with Gasteiger partial charge in [0.2, 0.25) is 6.29 Å². The summed E-state index contributed by atoms with van der Waals surface area (Å²) in [6.07, 6.45) is -15.6. The van der Waals surface area contributed by atoms with E-state index in [0.29, 0.717) is 32.1 Å². The molecule has 4 aliphatic carbocycles. The molecule has 0 amide bonds. The van der Waals surface area contributed by atoms with Crippen molar-refractivity contribution < 1.29 is 89.4 Å². The average molecular weight is 819 g/mol. The van der Waals surface area contributed by atoms with E-state index in [-0.39, 0.29) is 22.7 Å². The fourth-order valence-corrected chi connectivity index (χ4v) is 12.3. The number of aliphatic hydroxyl groups excluding tert-OH is 11. The lowest BCUT2D eigenvalue weighted by Gasteiger charge is -2.64. The van der Waals surface area contributed by atoms with Gasteiger partial charge in [-0.15, -0.1) is 0 Å². The zero-order chi connectivity index (χ0) is 41.4. The van der Waals surface area contributed by atoms with Gasteiger partial charge in [0.25, 0.3) is 0 Å². The van der Waals surface area contributed by atoms with Gasteiger partial charge in [-0.25, -0.2) is 0 Å². The number of carbonyl (C=O) groups is 1. The van der Waals surface area contributed by atoms with Gasteiger partial charge in [0.05, 0.1) is 30.8 Å². The maximum atomic E-state index is 14.6. The summed E-state index contributed by atoms with van der Waals surface area (Å²) in [6, 6.07) is 0. The molecule has 7 fully saturated rings. The Labute approximate surface area is 330 Å². The molecule has 0 aromatic carbocycles. The van der Waals surface area contributed by atoms with E-state index in [1.165, 1.54) is 0 Å². The number of hydrogen-bond donors (Lipinski definition) is 11. The Morgan fingerprint density at radius 1 is 0.684 bits per heavy atom. The lowest BCUT2D eigenvalue weighted by molar-refractivity contribution is -0.363. The summed E-state index contributed by atoms with van der Waals surface area (Å²) in [7, 11) is 0. The standard InChI is InChI=1S/C39H62O18/c1-4-17-12-38-10-6-21-36(2,22(38)7-11-39(17,16-38)57-33-30(50)27(47)24(44)19(14-41)53-33)8-5-9-37(21,3)35(51)56-34-31(28(48)25(45)20(15-42)54-34)55-32-29(49)26(46)23(43)18(13-40)52-32/h4,18-34,40-50H,5-16H2,1-3H3/b17-4-/t18?,19?,20?,21?,22-,23?,24?,25?,26?,27?,28?,29?,30?,31?,32?,33?,34?,36+,37+,38+,39?/m0/s1. The van der Waals surface area contributed by atoms with Gasteiger partial charge in [-0.2, -0.15) is 0 Å². The molecule has 1 spiro atoms. The normalized spacial score (nSPS) is 54.6. The fraction of sp³-hybridized carbons (Fsp3) is 0.923. The topological polar surface area (TPSA) is 295 Å². The van der Waals surface area contributed by atoms with Gasteiger partial charge in [0.15, 0.2) is 18.7 Å². The zero-order valence-corrected chi connectivity index (χ0v) is 32.7. The first-order chi connectivity index (χ1) is 26.9. The molecule has 4 saturated carbocycles. The largest absolute Gasteiger partial charge is 0.432 e. The molecule has 17 unspecified atom stereocenters. The molecule has 2 bridgehead atoms. The van der Waals surface area contributed by atoms with Crippen LogP contribution in [0.25, 0.3) is 0 Å². The minimum Gasteiger partial charge on any atom is -0.432 e. The summed E-state index contributed by atoms with van der Waals surface area (Å²) in [5.41, 5.74) is -1.35. The van der Waals surface area contributed by atoms with Gasteiger partial charge in [0.1, 0.15) is 67.1 Å². The molecule has 3 aliphatic heterocycles. The average Bonchev–Trinajstić information content (AvgIpc) is 3.42. The minimum absolute atomic E-state index is 0.157. The SMILES string of the molecule is C/C=C1/C[C@@]23CCC4[C@](C)(C(=O)OC5OC(CO)C(O)C(O)C5OC5OC(CO)C(O)C(O)C5O)CCC[C@@]4(C)[C@@H]2CCC1(OC1OC(CO)C(O)C(O)C1O)C3. The number of rotatable bonds is 9. The van der Waals surface area contributed by atoms with Gasteiger partial charge in [-0.3, -0.25) is 4.79 Å². The van der Waals surface area contributed by atoms with Crippen molar-refractivity contribution in [3.63, 3.8) is 0 Å². The van der Waals surface area contributed by atoms with Crippen molar-refractivity contribution in [3.05, 3.63) is 11.6 Å². The van der Waals surface area contributed by atoms with Gasteiger partial charge in [0, 0.05) is 0 Å². The van der Waals surface area contributed by atoms with E-state index in [4.69, 9.17) is 28.4 Å². The Bertz CT molecular complexity index is 1480. The summed E-state index contributed by atoms with van der Waals surface area (Å²) in [4.78, 5) is 14.6. The molecule has 3 heterocycles. The molecule has 326 valence electrons. The van der Waals surface area contributed by atoms with Crippen LogP contribution in [-0.2, 0) is 33.2 Å². The first kappa shape index (κ1) is 43.7. The van der Waals surface area contributed by atoms with Gasteiger partial charge >= 0.3 is 5.97 Å². The van der Waals surface area contributed by atoms with Crippen molar-refractivity contribution in [1.29, 1.82) is 0 Å². The molecular weight excluding hydrogens is 756 g/mol. The molecule has 3 saturated heterocycles. The third kappa shape index (κ3) is 7.02. The number of fused-ring (bicyclic) bond motifs is 3. The van der Waals surface area contributed by atoms with Crippen LogP contribution < -0.4 is 0 Å². The van der Waals surface area contributed by atoms with Crippen molar-refractivity contribution in [2.24, 2.45) is 28.1 Å². The van der Waals surface area contributed by atoms with Crippen molar-refractivity contribution >= 4 is 5.97 Å². The Morgan fingerprint density at radius 2 is 1.23 bits per heavy atom.